The lowest BCUT2D eigenvalue weighted by atomic mass is 9.95. The molecule has 1 aliphatic carbocycles. The number of rotatable bonds is 5. The zero-order valence-electron chi connectivity index (χ0n) is 10.8. The van der Waals surface area contributed by atoms with E-state index in [9.17, 15) is 0 Å². The van der Waals surface area contributed by atoms with Crippen LogP contribution in [-0.4, -0.2) is 23.1 Å². The summed E-state index contributed by atoms with van der Waals surface area (Å²) in [7, 11) is 1.63. The van der Waals surface area contributed by atoms with Crippen molar-refractivity contribution in [1.82, 2.24) is 9.97 Å². The van der Waals surface area contributed by atoms with Crippen molar-refractivity contribution in [3.63, 3.8) is 0 Å². The van der Waals surface area contributed by atoms with Crippen LogP contribution in [0.3, 0.4) is 0 Å². The summed E-state index contributed by atoms with van der Waals surface area (Å²) in [5.41, 5.74) is 2.56. The predicted octanol–water partition coefficient (Wildman–Crippen LogP) is 1.65. The maximum atomic E-state index is 5.41. The average Bonchev–Trinajstić information content (AvgIpc) is 2.40. The summed E-state index contributed by atoms with van der Waals surface area (Å²) in [6.07, 6.45) is 6.32. The van der Waals surface area contributed by atoms with Crippen LogP contribution in [-0.2, 0) is 11.3 Å². The molecule has 6 nitrogen and oxygen atoms in total. The van der Waals surface area contributed by atoms with E-state index >= 15 is 0 Å². The summed E-state index contributed by atoms with van der Waals surface area (Å²) >= 11 is 0. The Morgan fingerprint density at radius 1 is 1.28 bits per heavy atom. The SMILES string of the molecule is COCc1nc(NN)cc(NC2CCCCC2)n1. The van der Waals surface area contributed by atoms with Crippen LogP contribution in [0.15, 0.2) is 6.07 Å². The van der Waals surface area contributed by atoms with Gasteiger partial charge in [0.05, 0.1) is 0 Å². The third kappa shape index (κ3) is 3.54. The second-order valence-electron chi connectivity index (χ2n) is 4.61. The molecule has 1 saturated carbocycles. The van der Waals surface area contributed by atoms with E-state index in [2.05, 4.69) is 20.7 Å². The molecule has 2 rings (SSSR count). The number of nitrogens with zero attached hydrogens (tertiary/aromatic N) is 2. The summed E-state index contributed by atoms with van der Waals surface area (Å²) < 4.78 is 5.05. The van der Waals surface area contributed by atoms with E-state index in [1.54, 1.807) is 7.11 Å². The first-order valence-electron chi connectivity index (χ1n) is 6.42. The summed E-state index contributed by atoms with van der Waals surface area (Å²) in [4.78, 5) is 8.64. The molecule has 0 aliphatic heterocycles. The second kappa shape index (κ2) is 6.51. The van der Waals surface area contributed by atoms with Crippen LogP contribution in [0.1, 0.15) is 37.9 Å². The van der Waals surface area contributed by atoms with Crippen molar-refractivity contribution in [1.29, 1.82) is 0 Å². The fourth-order valence-electron chi connectivity index (χ4n) is 2.29. The van der Waals surface area contributed by atoms with Gasteiger partial charge in [-0.1, -0.05) is 19.3 Å². The quantitative estimate of drug-likeness (QED) is 0.545. The molecule has 1 heterocycles. The summed E-state index contributed by atoms with van der Waals surface area (Å²) in [6, 6.07) is 2.34. The molecule has 0 unspecified atom stereocenters. The maximum absolute atomic E-state index is 5.41. The molecule has 1 aliphatic rings. The van der Waals surface area contributed by atoms with Crippen molar-refractivity contribution in [2.24, 2.45) is 5.84 Å². The van der Waals surface area contributed by atoms with Crippen LogP contribution >= 0.6 is 0 Å². The molecule has 0 spiro atoms. The lowest BCUT2D eigenvalue weighted by Gasteiger charge is -2.23. The standard InChI is InChI=1S/C12H21N5O/c1-18-8-12-15-10(7-11(16-12)17-13)14-9-5-3-2-4-6-9/h7,9H,2-6,8,13H2,1H3,(H2,14,15,16,17). The van der Waals surface area contributed by atoms with Crippen LogP contribution < -0.4 is 16.6 Å². The molecule has 0 atom stereocenters. The number of hydrogen-bond donors (Lipinski definition) is 3. The Kier molecular flexibility index (Phi) is 4.72. The van der Waals surface area contributed by atoms with Crippen molar-refractivity contribution >= 4 is 11.6 Å². The minimum Gasteiger partial charge on any atom is -0.377 e. The number of methoxy groups -OCH3 is 1. The highest BCUT2D eigenvalue weighted by molar-refractivity contribution is 5.47. The summed E-state index contributed by atoms with van der Waals surface area (Å²) in [5, 5.41) is 3.45. The van der Waals surface area contributed by atoms with Gasteiger partial charge in [0.25, 0.3) is 0 Å². The first kappa shape index (κ1) is 13.0. The second-order valence-corrected chi connectivity index (χ2v) is 4.61. The molecule has 18 heavy (non-hydrogen) atoms. The van der Waals surface area contributed by atoms with E-state index in [-0.39, 0.29) is 0 Å². The van der Waals surface area contributed by atoms with Gasteiger partial charge < -0.3 is 15.5 Å². The number of hydrogen-bond acceptors (Lipinski definition) is 6. The van der Waals surface area contributed by atoms with Crippen molar-refractivity contribution < 1.29 is 4.74 Å². The highest BCUT2D eigenvalue weighted by atomic mass is 16.5. The molecule has 0 amide bonds. The molecule has 4 N–H and O–H groups in total. The van der Waals surface area contributed by atoms with Crippen LogP contribution in [0.2, 0.25) is 0 Å². The normalized spacial score (nSPS) is 16.6. The summed E-state index contributed by atoms with van der Waals surface area (Å²) in [5.74, 6) is 7.46. The fraction of sp³-hybridized carbons (Fsp3) is 0.667. The molecule has 0 radical (unpaired) electrons. The number of nitrogen functional groups attached to an aromatic ring is 1. The van der Waals surface area contributed by atoms with E-state index in [1.807, 2.05) is 6.07 Å². The monoisotopic (exact) mass is 251 g/mol. The zero-order valence-corrected chi connectivity index (χ0v) is 10.8. The van der Waals surface area contributed by atoms with Gasteiger partial charge in [0.1, 0.15) is 18.2 Å². The van der Waals surface area contributed by atoms with Crippen molar-refractivity contribution in [3.05, 3.63) is 11.9 Å². The van der Waals surface area contributed by atoms with Crippen molar-refractivity contribution in [3.8, 4) is 0 Å². The topological polar surface area (TPSA) is 85.1 Å². The van der Waals surface area contributed by atoms with E-state index < -0.39 is 0 Å². The lowest BCUT2D eigenvalue weighted by molar-refractivity contribution is 0.178. The minimum atomic E-state index is 0.384. The predicted molar refractivity (Wildman–Crippen MR) is 71.1 cm³/mol. The van der Waals surface area contributed by atoms with Gasteiger partial charge in [0.15, 0.2) is 5.82 Å². The Morgan fingerprint density at radius 2 is 2.00 bits per heavy atom. The van der Waals surface area contributed by atoms with E-state index in [4.69, 9.17) is 10.6 Å². The van der Waals surface area contributed by atoms with Crippen LogP contribution in [0.25, 0.3) is 0 Å². The molecular weight excluding hydrogens is 230 g/mol. The Bertz CT molecular complexity index is 379. The van der Waals surface area contributed by atoms with E-state index in [0.717, 1.165) is 5.82 Å². The third-order valence-electron chi connectivity index (χ3n) is 3.15. The Hall–Kier alpha value is -1.40. The molecule has 0 bridgehead atoms. The molecular formula is C12H21N5O. The number of nitrogens with one attached hydrogen (secondary N) is 2. The molecule has 1 fully saturated rings. The number of nitrogens with two attached hydrogens (primary N) is 1. The zero-order chi connectivity index (χ0) is 12.8. The van der Waals surface area contributed by atoms with Gasteiger partial charge in [-0.3, -0.25) is 0 Å². The first-order chi connectivity index (χ1) is 8.81. The number of aromatic nitrogens is 2. The Balaban J connectivity index is 2.07. The van der Waals surface area contributed by atoms with Crippen molar-refractivity contribution in [2.75, 3.05) is 17.9 Å². The average molecular weight is 251 g/mol. The first-order valence-corrected chi connectivity index (χ1v) is 6.42. The largest absolute Gasteiger partial charge is 0.377 e. The molecule has 0 aromatic carbocycles. The van der Waals surface area contributed by atoms with Gasteiger partial charge in [0, 0.05) is 19.2 Å². The van der Waals surface area contributed by atoms with Gasteiger partial charge in [-0.25, -0.2) is 15.8 Å². The molecule has 0 saturated heterocycles. The van der Waals surface area contributed by atoms with Gasteiger partial charge >= 0.3 is 0 Å². The third-order valence-corrected chi connectivity index (χ3v) is 3.15. The van der Waals surface area contributed by atoms with Gasteiger partial charge in [0.2, 0.25) is 0 Å². The van der Waals surface area contributed by atoms with Gasteiger partial charge in [-0.05, 0) is 12.8 Å². The molecule has 100 valence electrons. The lowest BCUT2D eigenvalue weighted by Crippen LogP contribution is -2.23. The molecule has 1 aromatic heterocycles. The number of hydrazine groups is 1. The van der Waals surface area contributed by atoms with Crippen LogP contribution in [0.5, 0.6) is 0 Å². The van der Waals surface area contributed by atoms with Gasteiger partial charge in [-0.15, -0.1) is 0 Å². The molecule has 6 heteroatoms. The molecule has 1 aromatic rings. The minimum absolute atomic E-state index is 0.384. The Morgan fingerprint density at radius 3 is 2.67 bits per heavy atom. The highest BCUT2D eigenvalue weighted by Crippen LogP contribution is 2.21. The fourth-order valence-corrected chi connectivity index (χ4v) is 2.29. The highest BCUT2D eigenvalue weighted by Gasteiger charge is 2.14. The van der Waals surface area contributed by atoms with Crippen LogP contribution in [0, 0.1) is 0 Å². The van der Waals surface area contributed by atoms with E-state index in [0.29, 0.717) is 24.3 Å². The summed E-state index contributed by atoms with van der Waals surface area (Å²) in [6.45, 7) is 0.384. The van der Waals surface area contributed by atoms with Crippen molar-refractivity contribution in [2.45, 2.75) is 44.8 Å². The van der Waals surface area contributed by atoms with E-state index in [1.165, 1.54) is 32.1 Å². The number of ether oxygens (including phenoxy) is 1. The Labute approximate surface area is 107 Å². The smallest absolute Gasteiger partial charge is 0.158 e. The van der Waals surface area contributed by atoms with Gasteiger partial charge in [-0.2, -0.15) is 0 Å². The number of anilines is 2. The maximum Gasteiger partial charge on any atom is 0.158 e. The van der Waals surface area contributed by atoms with Crippen LogP contribution in [0.4, 0.5) is 11.6 Å².